The molecule has 1 rings (SSSR count). The summed E-state index contributed by atoms with van der Waals surface area (Å²) < 4.78 is 12.5. The maximum absolute atomic E-state index is 12.5. The molecule has 0 heterocycles. The van der Waals surface area contributed by atoms with Gasteiger partial charge >= 0.3 is 0 Å². The number of rotatable bonds is 2. The first-order valence-corrected chi connectivity index (χ1v) is 3.38. The maximum atomic E-state index is 12.5. The van der Waals surface area contributed by atoms with E-state index in [1.165, 1.54) is 18.2 Å². The SMILES string of the molecule is N#CC(F)C(=O)c1ccccc1. The molecule has 0 fully saturated rings. The number of nitriles is 1. The molecule has 0 spiro atoms. The van der Waals surface area contributed by atoms with Crippen LogP contribution in [-0.4, -0.2) is 12.0 Å². The van der Waals surface area contributed by atoms with Gasteiger partial charge in [0.1, 0.15) is 6.07 Å². The normalized spacial score (nSPS) is 11.7. The third-order valence-electron chi connectivity index (χ3n) is 1.40. The number of nitrogens with zero attached hydrogens (tertiary/aromatic N) is 1. The third kappa shape index (κ3) is 1.67. The summed E-state index contributed by atoms with van der Waals surface area (Å²) in [6, 6.07) is 9.17. The van der Waals surface area contributed by atoms with Crippen molar-refractivity contribution in [2.24, 2.45) is 0 Å². The molecule has 60 valence electrons. The number of ketones is 1. The van der Waals surface area contributed by atoms with Crippen LogP contribution in [0.25, 0.3) is 0 Å². The number of carbonyl (C=O) groups is 1. The molecule has 0 radical (unpaired) electrons. The Bertz CT molecular complexity index is 315. The fraction of sp³-hybridized carbons (Fsp3) is 0.111. The van der Waals surface area contributed by atoms with Gasteiger partial charge in [0.2, 0.25) is 12.0 Å². The Morgan fingerprint density at radius 1 is 1.42 bits per heavy atom. The van der Waals surface area contributed by atoms with Crippen LogP contribution in [0.15, 0.2) is 30.3 Å². The molecule has 0 bridgehead atoms. The van der Waals surface area contributed by atoms with E-state index in [1.807, 2.05) is 0 Å². The molecular weight excluding hydrogens is 157 g/mol. The van der Waals surface area contributed by atoms with Crippen LogP contribution in [0.2, 0.25) is 0 Å². The van der Waals surface area contributed by atoms with Crippen molar-refractivity contribution in [3.63, 3.8) is 0 Å². The minimum atomic E-state index is -2.05. The largest absolute Gasteiger partial charge is 0.290 e. The summed E-state index contributed by atoms with van der Waals surface area (Å²) in [6.07, 6.45) is -2.05. The van der Waals surface area contributed by atoms with Crippen molar-refractivity contribution in [2.75, 3.05) is 0 Å². The lowest BCUT2D eigenvalue weighted by molar-refractivity contribution is 0.0918. The summed E-state index contributed by atoms with van der Waals surface area (Å²) in [5.74, 6) is -0.780. The lowest BCUT2D eigenvalue weighted by atomic mass is 10.1. The number of alkyl halides is 1. The molecule has 12 heavy (non-hydrogen) atoms. The van der Waals surface area contributed by atoms with Crippen molar-refractivity contribution in [2.45, 2.75) is 6.17 Å². The van der Waals surface area contributed by atoms with Crippen LogP contribution in [0.5, 0.6) is 0 Å². The third-order valence-corrected chi connectivity index (χ3v) is 1.40. The van der Waals surface area contributed by atoms with E-state index in [1.54, 1.807) is 18.2 Å². The molecule has 0 aliphatic heterocycles. The molecular formula is C9H6FNO. The van der Waals surface area contributed by atoms with Crippen LogP contribution in [0.4, 0.5) is 4.39 Å². The molecule has 0 saturated carbocycles. The second-order valence-electron chi connectivity index (χ2n) is 2.22. The van der Waals surface area contributed by atoms with Crippen LogP contribution in [-0.2, 0) is 0 Å². The van der Waals surface area contributed by atoms with E-state index in [0.717, 1.165) is 0 Å². The van der Waals surface area contributed by atoms with Gasteiger partial charge < -0.3 is 0 Å². The van der Waals surface area contributed by atoms with Gasteiger partial charge in [-0.05, 0) is 0 Å². The molecule has 3 heteroatoms. The summed E-state index contributed by atoms with van der Waals surface area (Å²) in [4.78, 5) is 11.0. The number of hydrogen-bond acceptors (Lipinski definition) is 2. The number of Topliss-reactive ketones (excluding diaryl/α,β-unsaturated/α-hetero) is 1. The highest BCUT2D eigenvalue weighted by molar-refractivity contribution is 6.00. The molecule has 1 aromatic rings. The minimum absolute atomic E-state index is 0.228. The maximum Gasteiger partial charge on any atom is 0.248 e. The average molecular weight is 163 g/mol. The van der Waals surface area contributed by atoms with Gasteiger partial charge in [0.15, 0.2) is 0 Å². The first-order valence-electron chi connectivity index (χ1n) is 3.38. The Balaban J connectivity index is 2.88. The molecule has 0 saturated heterocycles. The van der Waals surface area contributed by atoms with E-state index in [9.17, 15) is 9.18 Å². The Morgan fingerprint density at radius 2 is 2.00 bits per heavy atom. The standard InChI is InChI=1S/C9H6FNO/c10-8(6-11)9(12)7-4-2-1-3-5-7/h1-5,8H. The zero-order valence-corrected chi connectivity index (χ0v) is 6.20. The van der Waals surface area contributed by atoms with E-state index in [2.05, 4.69) is 0 Å². The Kier molecular flexibility index (Phi) is 2.54. The van der Waals surface area contributed by atoms with Crippen LogP contribution in [0, 0.1) is 11.3 Å². The quantitative estimate of drug-likeness (QED) is 0.623. The van der Waals surface area contributed by atoms with Gasteiger partial charge in [0, 0.05) is 5.56 Å². The van der Waals surface area contributed by atoms with Crippen molar-refractivity contribution < 1.29 is 9.18 Å². The van der Waals surface area contributed by atoms with Crippen LogP contribution >= 0.6 is 0 Å². The van der Waals surface area contributed by atoms with Crippen molar-refractivity contribution in [3.05, 3.63) is 35.9 Å². The highest BCUT2D eigenvalue weighted by atomic mass is 19.1. The fourth-order valence-electron chi connectivity index (χ4n) is 0.807. The van der Waals surface area contributed by atoms with E-state index < -0.39 is 12.0 Å². The molecule has 1 aromatic carbocycles. The van der Waals surface area contributed by atoms with E-state index in [-0.39, 0.29) is 5.56 Å². The fourth-order valence-corrected chi connectivity index (χ4v) is 0.807. The van der Waals surface area contributed by atoms with Crippen molar-refractivity contribution in [1.29, 1.82) is 5.26 Å². The summed E-state index contributed by atoms with van der Waals surface area (Å²) in [5.41, 5.74) is 0.228. The predicted molar refractivity (Wildman–Crippen MR) is 41.3 cm³/mol. The van der Waals surface area contributed by atoms with Gasteiger partial charge in [-0.25, -0.2) is 4.39 Å². The van der Waals surface area contributed by atoms with Gasteiger partial charge in [0.05, 0.1) is 0 Å². The van der Waals surface area contributed by atoms with E-state index >= 15 is 0 Å². The van der Waals surface area contributed by atoms with Gasteiger partial charge in [-0.15, -0.1) is 0 Å². The molecule has 0 aliphatic rings. The lowest BCUT2D eigenvalue weighted by Crippen LogP contribution is -2.12. The second kappa shape index (κ2) is 3.63. The van der Waals surface area contributed by atoms with Gasteiger partial charge in [0.25, 0.3) is 0 Å². The molecule has 2 nitrogen and oxygen atoms in total. The van der Waals surface area contributed by atoms with Crippen LogP contribution < -0.4 is 0 Å². The second-order valence-corrected chi connectivity index (χ2v) is 2.22. The zero-order chi connectivity index (χ0) is 8.97. The van der Waals surface area contributed by atoms with Crippen molar-refractivity contribution >= 4 is 5.78 Å². The summed E-state index contributed by atoms with van der Waals surface area (Å²) in [6.45, 7) is 0. The summed E-state index contributed by atoms with van der Waals surface area (Å²) in [5, 5.41) is 8.12. The molecule has 0 aromatic heterocycles. The van der Waals surface area contributed by atoms with Gasteiger partial charge in [-0.3, -0.25) is 4.79 Å². The molecule has 0 amide bonds. The van der Waals surface area contributed by atoms with E-state index in [0.29, 0.717) is 0 Å². The number of hydrogen-bond donors (Lipinski definition) is 0. The van der Waals surface area contributed by atoms with Crippen molar-refractivity contribution in [1.82, 2.24) is 0 Å². The Hall–Kier alpha value is -1.69. The topological polar surface area (TPSA) is 40.9 Å². The molecule has 1 atom stereocenters. The van der Waals surface area contributed by atoms with Crippen LogP contribution in [0.3, 0.4) is 0 Å². The first kappa shape index (κ1) is 8.41. The Morgan fingerprint density at radius 3 is 2.50 bits per heavy atom. The highest BCUT2D eigenvalue weighted by Crippen LogP contribution is 2.04. The highest BCUT2D eigenvalue weighted by Gasteiger charge is 2.17. The van der Waals surface area contributed by atoms with Crippen molar-refractivity contribution in [3.8, 4) is 6.07 Å². The minimum Gasteiger partial charge on any atom is -0.290 e. The molecule has 0 aliphatic carbocycles. The molecule has 1 unspecified atom stereocenters. The monoisotopic (exact) mass is 163 g/mol. The number of benzene rings is 1. The molecule has 0 N–H and O–H groups in total. The number of carbonyl (C=O) groups excluding carboxylic acids is 1. The summed E-state index contributed by atoms with van der Waals surface area (Å²) >= 11 is 0. The first-order chi connectivity index (χ1) is 5.75. The lowest BCUT2D eigenvalue weighted by Gasteiger charge is -1.97. The Labute approximate surface area is 69.2 Å². The summed E-state index contributed by atoms with van der Waals surface area (Å²) in [7, 11) is 0. The van der Waals surface area contributed by atoms with Gasteiger partial charge in [-0.1, -0.05) is 30.3 Å². The predicted octanol–water partition coefficient (Wildman–Crippen LogP) is 1.73. The average Bonchev–Trinajstić information content (AvgIpc) is 2.17. The number of halogens is 1. The zero-order valence-electron chi connectivity index (χ0n) is 6.20. The van der Waals surface area contributed by atoms with E-state index in [4.69, 9.17) is 5.26 Å². The van der Waals surface area contributed by atoms with Crippen LogP contribution in [0.1, 0.15) is 10.4 Å². The smallest absolute Gasteiger partial charge is 0.248 e. The van der Waals surface area contributed by atoms with Gasteiger partial charge in [-0.2, -0.15) is 5.26 Å².